The molecular formula is C20H26N2O5. The third-order valence-electron chi connectivity index (χ3n) is 4.31. The largest absolute Gasteiger partial charge is 0.453 e. The molecule has 3 amide bonds. The number of carbonyl (C=O) groups excluding carboxylic acids is 4. The lowest BCUT2D eigenvalue weighted by Crippen LogP contribution is -2.46. The summed E-state index contributed by atoms with van der Waals surface area (Å²) in [7, 11) is 0. The Hall–Kier alpha value is -2.70. The van der Waals surface area contributed by atoms with Crippen LogP contribution in [-0.2, 0) is 27.2 Å². The summed E-state index contributed by atoms with van der Waals surface area (Å²) in [6.07, 6.45) is 1.91. The Labute approximate surface area is 158 Å². The Bertz CT molecular complexity index is 742. The van der Waals surface area contributed by atoms with E-state index in [9.17, 15) is 19.2 Å². The molecule has 146 valence electrons. The maximum absolute atomic E-state index is 12.3. The van der Waals surface area contributed by atoms with Crippen LogP contribution in [0.3, 0.4) is 0 Å². The number of urea groups is 1. The Morgan fingerprint density at radius 3 is 2.44 bits per heavy atom. The maximum Gasteiger partial charge on any atom is 0.321 e. The molecule has 0 fully saturated rings. The van der Waals surface area contributed by atoms with E-state index in [1.165, 1.54) is 18.1 Å². The molecule has 0 radical (unpaired) electrons. The van der Waals surface area contributed by atoms with E-state index in [4.69, 9.17) is 4.74 Å². The van der Waals surface area contributed by atoms with Gasteiger partial charge >= 0.3 is 12.0 Å². The number of imide groups is 1. The van der Waals surface area contributed by atoms with Crippen LogP contribution in [0.2, 0.25) is 0 Å². The van der Waals surface area contributed by atoms with Crippen LogP contribution in [-0.4, -0.2) is 35.8 Å². The Morgan fingerprint density at radius 1 is 1.04 bits per heavy atom. The average Bonchev–Trinajstić information content (AvgIpc) is 3.06. The number of Topliss-reactive ketones (excluding diaryl/α,β-unsaturated/α-hetero) is 1. The lowest BCUT2D eigenvalue weighted by molar-refractivity contribution is -0.154. The number of carbonyl (C=O) groups is 4. The van der Waals surface area contributed by atoms with E-state index in [1.54, 1.807) is 19.9 Å². The van der Waals surface area contributed by atoms with E-state index >= 15 is 0 Å². The SMILES string of the molecule is CC(C)NC(=O)NC(=O)[C@@H](C)OC(=O)CCC(=O)c1ccc2c(c1)CCC2. The fourth-order valence-electron chi connectivity index (χ4n) is 2.93. The van der Waals surface area contributed by atoms with Gasteiger partial charge in [0.2, 0.25) is 0 Å². The van der Waals surface area contributed by atoms with Crippen molar-refractivity contribution in [3.8, 4) is 0 Å². The number of rotatable bonds is 7. The Kier molecular flexibility index (Phi) is 7.10. The second-order valence-electron chi connectivity index (χ2n) is 7.01. The van der Waals surface area contributed by atoms with E-state index in [2.05, 4.69) is 10.6 Å². The van der Waals surface area contributed by atoms with Gasteiger partial charge in [-0.15, -0.1) is 0 Å². The number of ketones is 1. The number of amides is 3. The van der Waals surface area contributed by atoms with Crippen molar-refractivity contribution in [3.05, 3.63) is 34.9 Å². The summed E-state index contributed by atoms with van der Waals surface area (Å²) in [5.41, 5.74) is 3.08. The zero-order chi connectivity index (χ0) is 20.0. The third kappa shape index (κ3) is 6.20. The van der Waals surface area contributed by atoms with Crippen LogP contribution in [0.15, 0.2) is 18.2 Å². The van der Waals surface area contributed by atoms with Crippen LogP contribution in [0, 0.1) is 0 Å². The molecule has 7 heteroatoms. The van der Waals surface area contributed by atoms with Gasteiger partial charge < -0.3 is 10.1 Å². The predicted octanol–water partition coefficient (Wildman–Crippen LogP) is 2.30. The summed E-state index contributed by atoms with van der Waals surface area (Å²) < 4.78 is 5.00. The van der Waals surface area contributed by atoms with Gasteiger partial charge in [-0.2, -0.15) is 0 Å². The van der Waals surface area contributed by atoms with Crippen LogP contribution < -0.4 is 10.6 Å². The molecule has 0 aromatic heterocycles. The molecule has 0 saturated carbocycles. The number of fused-ring (bicyclic) bond motifs is 1. The molecule has 0 heterocycles. The molecule has 7 nitrogen and oxygen atoms in total. The molecule has 1 aromatic rings. The monoisotopic (exact) mass is 374 g/mol. The zero-order valence-corrected chi connectivity index (χ0v) is 16.0. The molecule has 0 bridgehead atoms. The third-order valence-corrected chi connectivity index (χ3v) is 4.31. The number of esters is 1. The van der Waals surface area contributed by atoms with Gasteiger partial charge in [-0.1, -0.05) is 12.1 Å². The second kappa shape index (κ2) is 9.30. The molecular weight excluding hydrogens is 348 g/mol. The van der Waals surface area contributed by atoms with E-state index in [0.717, 1.165) is 19.3 Å². The summed E-state index contributed by atoms with van der Waals surface area (Å²) in [4.78, 5) is 47.5. The first-order valence-electron chi connectivity index (χ1n) is 9.22. The highest BCUT2D eigenvalue weighted by Crippen LogP contribution is 2.23. The van der Waals surface area contributed by atoms with Crippen LogP contribution in [0.4, 0.5) is 4.79 Å². The van der Waals surface area contributed by atoms with Crippen LogP contribution in [0.25, 0.3) is 0 Å². The van der Waals surface area contributed by atoms with Crippen molar-refractivity contribution in [2.45, 2.75) is 65.0 Å². The molecule has 1 aliphatic carbocycles. The molecule has 0 unspecified atom stereocenters. The van der Waals surface area contributed by atoms with Crippen LogP contribution >= 0.6 is 0 Å². The van der Waals surface area contributed by atoms with Crippen molar-refractivity contribution >= 4 is 23.7 Å². The normalized spacial score (nSPS) is 13.6. The Morgan fingerprint density at radius 2 is 1.74 bits per heavy atom. The van der Waals surface area contributed by atoms with Crippen molar-refractivity contribution in [2.75, 3.05) is 0 Å². The van der Waals surface area contributed by atoms with Gasteiger partial charge in [-0.3, -0.25) is 19.7 Å². The second-order valence-corrected chi connectivity index (χ2v) is 7.01. The summed E-state index contributed by atoms with van der Waals surface area (Å²) >= 11 is 0. The highest BCUT2D eigenvalue weighted by Gasteiger charge is 2.21. The zero-order valence-electron chi connectivity index (χ0n) is 16.0. The summed E-state index contributed by atoms with van der Waals surface area (Å²) in [5, 5.41) is 4.60. The number of aryl methyl sites for hydroxylation is 2. The number of benzene rings is 1. The molecule has 1 aromatic carbocycles. The Balaban J connectivity index is 1.77. The first-order chi connectivity index (χ1) is 12.8. The molecule has 0 spiro atoms. The summed E-state index contributed by atoms with van der Waals surface area (Å²) in [6, 6.07) is 4.90. The van der Waals surface area contributed by atoms with Gasteiger partial charge in [0.1, 0.15) is 0 Å². The smallest absolute Gasteiger partial charge is 0.321 e. The quantitative estimate of drug-likeness (QED) is 0.563. The average molecular weight is 374 g/mol. The number of hydrogen-bond donors (Lipinski definition) is 2. The fourth-order valence-corrected chi connectivity index (χ4v) is 2.93. The molecule has 0 saturated heterocycles. The minimum absolute atomic E-state index is 0.0137. The highest BCUT2D eigenvalue weighted by molar-refractivity contribution is 5.99. The van der Waals surface area contributed by atoms with E-state index < -0.39 is 24.0 Å². The van der Waals surface area contributed by atoms with Gasteiger partial charge in [0, 0.05) is 18.0 Å². The number of nitrogens with one attached hydrogen (secondary N) is 2. The fraction of sp³-hybridized carbons (Fsp3) is 0.500. The van der Waals surface area contributed by atoms with Gasteiger partial charge in [0.15, 0.2) is 11.9 Å². The molecule has 1 aliphatic rings. The standard InChI is InChI=1S/C20H26N2O5/c1-12(2)21-20(26)22-19(25)13(3)27-18(24)10-9-17(23)16-8-7-14-5-4-6-15(14)11-16/h7-8,11-13H,4-6,9-10H2,1-3H3,(H2,21,22,25,26)/t13-/m1/s1. The van der Waals surface area contributed by atoms with Crippen LogP contribution in [0.1, 0.15) is 61.5 Å². The molecule has 2 N–H and O–H groups in total. The minimum atomic E-state index is -1.12. The summed E-state index contributed by atoms with van der Waals surface area (Å²) in [5.74, 6) is -1.50. The first-order valence-corrected chi connectivity index (χ1v) is 9.22. The van der Waals surface area contributed by atoms with Gasteiger partial charge in [-0.05, 0) is 57.2 Å². The van der Waals surface area contributed by atoms with Crippen LogP contribution in [0.5, 0.6) is 0 Å². The van der Waals surface area contributed by atoms with Crippen molar-refractivity contribution in [1.29, 1.82) is 0 Å². The lowest BCUT2D eigenvalue weighted by Gasteiger charge is -2.14. The van der Waals surface area contributed by atoms with E-state index in [-0.39, 0.29) is 24.7 Å². The topological polar surface area (TPSA) is 102 Å². The maximum atomic E-state index is 12.3. The van der Waals surface area contributed by atoms with Crippen molar-refractivity contribution < 1.29 is 23.9 Å². The van der Waals surface area contributed by atoms with Gasteiger partial charge in [-0.25, -0.2) is 4.79 Å². The molecule has 1 atom stereocenters. The first kappa shape index (κ1) is 20.6. The number of hydrogen-bond acceptors (Lipinski definition) is 5. The number of ether oxygens (including phenoxy) is 1. The molecule has 27 heavy (non-hydrogen) atoms. The van der Waals surface area contributed by atoms with Crippen molar-refractivity contribution in [2.24, 2.45) is 0 Å². The highest BCUT2D eigenvalue weighted by atomic mass is 16.5. The summed E-state index contributed by atoms with van der Waals surface area (Å²) in [6.45, 7) is 4.88. The van der Waals surface area contributed by atoms with E-state index in [1.807, 2.05) is 12.1 Å². The molecule has 2 rings (SSSR count). The van der Waals surface area contributed by atoms with Gasteiger partial charge in [0.05, 0.1) is 6.42 Å². The molecule has 0 aliphatic heterocycles. The van der Waals surface area contributed by atoms with Gasteiger partial charge in [0.25, 0.3) is 5.91 Å². The lowest BCUT2D eigenvalue weighted by atomic mass is 10.0. The minimum Gasteiger partial charge on any atom is -0.453 e. The predicted molar refractivity (Wildman–Crippen MR) is 99.4 cm³/mol. The van der Waals surface area contributed by atoms with E-state index in [0.29, 0.717) is 5.56 Å². The van der Waals surface area contributed by atoms with Crippen molar-refractivity contribution in [1.82, 2.24) is 10.6 Å². The van der Waals surface area contributed by atoms with Crippen molar-refractivity contribution in [3.63, 3.8) is 0 Å².